The number of hydrogen-bond donors (Lipinski definition) is 0. The van der Waals surface area contributed by atoms with E-state index >= 15 is 0 Å². The van der Waals surface area contributed by atoms with Crippen molar-refractivity contribution in [1.82, 2.24) is 9.21 Å². The van der Waals surface area contributed by atoms with E-state index in [-0.39, 0.29) is 43.4 Å². The highest BCUT2D eigenvalue weighted by molar-refractivity contribution is 7.89. The second kappa shape index (κ2) is 8.99. The average molecular weight is 439 g/mol. The lowest BCUT2D eigenvalue weighted by Gasteiger charge is -2.34. The molecule has 5 nitrogen and oxygen atoms in total. The predicted molar refractivity (Wildman–Crippen MR) is 117 cm³/mol. The van der Waals surface area contributed by atoms with Crippen molar-refractivity contribution in [2.75, 3.05) is 26.2 Å². The maximum atomic E-state index is 14.0. The molecule has 1 aliphatic heterocycles. The van der Waals surface area contributed by atoms with E-state index in [0.29, 0.717) is 0 Å². The van der Waals surface area contributed by atoms with Crippen LogP contribution in [-0.4, -0.2) is 49.7 Å². The number of carbonyl (C=O) groups is 1. The van der Waals surface area contributed by atoms with Crippen molar-refractivity contribution in [1.29, 1.82) is 0 Å². The molecular formula is C24H23FN2O3S. The topological polar surface area (TPSA) is 57.7 Å². The summed E-state index contributed by atoms with van der Waals surface area (Å²) in [4.78, 5) is 14.0. The van der Waals surface area contributed by atoms with E-state index in [4.69, 9.17) is 0 Å². The number of hydrogen-bond acceptors (Lipinski definition) is 3. The zero-order valence-corrected chi connectivity index (χ0v) is 17.8. The van der Waals surface area contributed by atoms with Crippen molar-refractivity contribution in [3.63, 3.8) is 0 Å². The molecule has 0 radical (unpaired) electrons. The summed E-state index contributed by atoms with van der Waals surface area (Å²) in [5.74, 6) is -0.810. The predicted octanol–water partition coefficient (Wildman–Crippen LogP) is 3.57. The van der Waals surface area contributed by atoms with Gasteiger partial charge in [0, 0.05) is 26.2 Å². The van der Waals surface area contributed by atoms with E-state index in [1.165, 1.54) is 22.5 Å². The van der Waals surface area contributed by atoms with Crippen LogP contribution in [0.5, 0.6) is 0 Å². The number of piperazine rings is 1. The lowest BCUT2D eigenvalue weighted by atomic mass is 10.0. The quantitative estimate of drug-likeness (QED) is 0.612. The molecule has 1 fully saturated rings. The molecular weight excluding hydrogens is 415 g/mol. The zero-order chi connectivity index (χ0) is 21.8. The van der Waals surface area contributed by atoms with Gasteiger partial charge in [0.15, 0.2) is 0 Å². The van der Waals surface area contributed by atoms with Gasteiger partial charge in [-0.05, 0) is 28.8 Å². The highest BCUT2D eigenvalue weighted by Crippen LogP contribution is 2.22. The summed E-state index contributed by atoms with van der Waals surface area (Å²) in [6.45, 7) is 0.869. The number of amides is 1. The summed E-state index contributed by atoms with van der Waals surface area (Å²) >= 11 is 0. The molecule has 0 aliphatic carbocycles. The van der Waals surface area contributed by atoms with Crippen LogP contribution in [0.4, 0.5) is 4.39 Å². The van der Waals surface area contributed by atoms with Gasteiger partial charge in [0.1, 0.15) is 10.7 Å². The third kappa shape index (κ3) is 4.68. The maximum absolute atomic E-state index is 14.0. The van der Waals surface area contributed by atoms with Crippen LogP contribution in [0.25, 0.3) is 11.1 Å². The number of benzene rings is 3. The van der Waals surface area contributed by atoms with E-state index in [9.17, 15) is 17.6 Å². The van der Waals surface area contributed by atoms with Gasteiger partial charge >= 0.3 is 0 Å². The standard InChI is InChI=1S/C24H23FN2O3S/c25-22-8-4-5-9-23(22)31(29,30)27-16-14-26(15-17-27)24(28)18-19-10-12-21(13-11-19)20-6-2-1-3-7-20/h1-13H,14-18H2. The Kier molecular flexibility index (Phi) is 6.15. The molecule has 7 heteroatoms. The molecule has 31 heavy (non-hydrogen) atoms. The first-order valence-electron chi connectivity index (χ1n) is 10.1. The first-order valence-corrected chi connectivity index (χ1v) is 11.6. The first kappa shape index (κ1) is 21.2. The van der Waals surface area contributed by atoms with Crippen LogP contribution >= 0.6 is 0 Å². The smallest absolute Gasteiger partial charge is 0.246 e. The second-order valence-electron chi connectivity index (χ2n) is 7.46. The Bertz CT molecular complexity index is 1160. The third-order valence-corrected chi connectivity index (χ3v) is 7.39. The number of carbonyl (C=O) groups excluding carboxylic acids is 1. The Morgan fingerprint density at radius 3 is 2.00 bits per heavy atom. The first-order chi connectivity index (χ1) is 14.9. The minimum Gasteiger partial charge on any atom is -0.340 e. The Morgan fingerprint density at radius 2 is 1.35 bits per heavy atom. The molecule has 0 bridgehead atoms. The van der Waals surface area contributed by atoms with Gasteiger partial charge in [-0.2, -0.15) is 4.31 Å². The summed E-state index contributed by atoms with van der Waals surface area (Å²) < 4.78 is 40.6. The summed E-state index contributed by atoms with van der Waals surface area (Å²) in [5.41, 5.74) is 3.11. The Morgan fingerprint density at radius 1 is 0.774 bits per heavy atom. The third-order valence-electron chi connectivity index (χ3n) is 5.46. The maximum Gasteiger partial charge on any atom is 0.246 e. The minimum atomic E-state index is -3.91. The Labute approximate surface area is 181 Å². The number of halogens is 1. The van der Waals surface area contributed by atoms with Crippen LogP contribution in [0, 0.1) is 5.82 Å². The zero-order valence-electron chi connectivity index (χ0n) is 16.9. The SMILES string of the molecule is O=C(Cc1ccc(-c2ccccc2)cc1)N1CCN(S(=O)(=O)c2ccccc2F)CC1. The van der Waals surface area contributed by atoms with E-state index in [1.807, 2.05) is 54.6 Å². The van der Waals surface area contributed by atoms with Gasteiger partial charge in [-0.3, -0.25) is 4.79 Å². The molecule has 3 aromatic carbocycles. The molecule has 4 rings (SSSR count). The van der Waals surface area contributed by atoms with Gasteiger partial charge in [0.05, 0.1) is 6.42 Å². The van der Waals surface area contributed by atoms with Crippen molar-refractivity contribution in [3.8, 4) is 11.1 Å². The van der Waals surface area contributed by atoms with Crippen molar-refractivity contribution in [2.24, 2.45) is 0 Å². The highest BCUT2D eigenvalue weighted by atomic mass is 32.2. The second-order valence-corrected chi connectivity index (χ2v) is 9.36. The van der Waals surface area contributed by atoms with E-state index in [1.54, 1.807) is 4.90 Å². The Hall–Kier alpha value is -3.03. The van der Waals surface area contributed by atoms with Gasteiger partial charge in [-0.25, -0.2) is 12.8 Å². The van der Waals surface area contributed by atoms with Gasteiger partial charge < -0.3 is 4.90 Å². The van der Waals surface area contributed by atoms with E-state index in [2.05, 4.69) is 0 Å². The fraction of sp³-hybridized carbons (Fsp3) is 0.208. The molecule has 1 amide bonds. The molecule has 1 heterocycles. The molecule has 0 N–H and O–H groups in total. The van der Waals surface area contributed by atoms with E-state index < -0.39 is 15.8 Å². The normalized spacial score (nSPS) is 15.1. The van der Waals surface area contributed by atoms with E-state index in [0.717, 1.165) is 22.8 Å². The van der Waals surface area contributed by atoms with Gasteiger partial charge in [0.25, 0.3) is 0 Å². The number of sulfonamides is 1. The molecule has 0 unspecified atom stereocenters. The lowest BCUT2D eigenvalue weighted by molar-refractivity contribution is -0.131. The fourth-order valence-corrected chi connectivity index (χ4v) is 5.19. The summed E-state index contributed by atoms with van der Waals surface area (Å²) in [5, 5.41) is 0. The molecule has 1 saturated heterocycles. The van der Waals surface area contributed by atoms with Crippen molar-refractivity contribution in [3.05, 3.63) is 90.2 Å². The highest BCUT2D eigenvalue weighted by Gasteiger charge is 2.31. The van der Waals surface area contributed by atoms with Crippen molar-refractivity contribution < 1.29 is 17.6 Å². The molecule has 3 aromatic rings. The van der Waals surface area contributed by atoms with Crippen molar-refractivity contribution in [2.45, 2.75) is 11.3 Å². The molecule has 1 aliphatic rings. The van der Waals surface area contributed by atoms with Crippen LogP contribution in [0.3, 0.4) is 0 Å². The molecule has 0 saturated carbocycles. The number of nitrogens with zero attached hydrogens (tertiary/aromatic N) is 2. The fourth-order valence-electron chi connectivity index (χ4n) is 3.70. The Balaban J connectivity index is 1.36. The van der Waals surface area contributed by atoms with Crippen LogP contribution in [-0.2, 0) is 21.2 Å². The van der Waals surface area contributed by atoms with Gasteiger partial charge in [0.2, 0.25) is 15.9 Å². The monoisotopic (exact) mass is 438 g/mol. The summed E-state index contributed by atoms with van der Waals surface area (Å²) in [6.07, 6.45) is 0.259. The van der Waals surface area contributed by atoms with Crippen LogP contribution < -0.4 is 0 Å². The molecule has 0 atom stereocenters. The van der Waals surface area contributed by atoms with Gasteiger partial charge in [-0.15, -0.1) is 0 Å². The minimum absolute atomic E-state index is 0.0459. The van der Waals surface area contributed by atoms with Crippen LogP contribution in [0.15, 0.2) is 83.8 Å². The van der Waals surface area contributed by atoms with Gasteiger partial charge in [-0.1, -0.05) is 66.7 Å². The number of rotatable bonds is 5. The summed E-state index contributed by atoms with van der Waals surface area (Å²) in [6, 6.07) is 23.2. The lowest BCUT2D eigenvalue weighted by Crippen LogP contribution is -2.51. The van der Waals surface area contributed by atoms with Crippen LogP contribution in [0.1, 0.15) is 5.56 Å². The van der Waals surface area contributed by atoms with Crippen LogP contribution in [0.2, 0.25) is 0 Å². The molecule has 0 aromatic heterocycles. The largest absolute Gasteiger partial charge is 0.340 e. The van der Waals surface area contributed by atoms with Crippen molar-refractivity contribution >= 4 is 15.9 Å². The molecule has 160 valence electrons. The molecule has 0 spiro atoms. The average Bonchev–Trinajstić information content (AvgIpc) is 2.80. The summed E-state index contributed by atoms with van der Waals surface area (Å²) in [7, 11) is -3.91.